The fraction of sp³-hybridized carbons (Fsp3) is 0. The van der Waals surface area contributed by atoms with Gasteiger partial charge in [0.25, 0.3) is 0 Å². The van der Waals surface area contributed by atoms with Crippen LogP contribution < -0.4 is 0 Å². The summed E-state index contributed by atoms with van der Waals surface area (Å²) in [7, 11) is 0. The highest BCUT2D eigenvalue weighted by Gasteiger charge is 2.27. The zero-order chi connectivity index (χ0) is 14.3. The van der Waals surface area contributed by atoms with Gasteiger partial charge in [0.2, 0.25) is 11.8 Å². The Morgan fingerprint density at radius 1 is 0.789 bits per heavy atom. The highest BCUT2D eigenvalue weighted by atomic mass is 35.5. The average Bonchev–Trinajstić information content (AvgIpc) is 2.38. The molecule has 0 fully saturated rings. The van der Waals surface area contributed by atoms with Gasteiger partial charge in [0.15, 0.2) is 23.3 Å². The Labute approximate surface area is 107 Å². The molecular weight excluding hydrogens is 296 g/mol. The summed E-state index contributed by atoms with van der Waals surface area (Å²) in [5.41, 5.74) is -1.98. The first-order valence-corrected chi connectivity index (χ1v) is 5.05. The quantitative estimate of drug-likeness (QED) is 0.332. The highest BCUT2D eigenvalue weighted by Crippen LogP contribution is 2.35. The lowest BCUT2D eigenvalue weighted by Crippen LogP contribution is -2.04. The first-order valence-electron chi connectivity index (χ1n) is 4.67. The van der Waals surface area contributed by atoms with Gasteiger partial charge in [0.1, 0.15) is 0 Å². The van der Waals surface area contributed by atoms with Crippen molar-refractivity contribution in [2.24, 2.45) is 0 Å². The molecule has 19 heavy (non-hydrogen) atoms. The minimum atomic E-state index is -2.30. The van der Waals surface area contributed by atoms with Crippen molar-refractivity contribution in [2.75, 3.05) is 0 Å². The normalized spacial score (nSPS) is 10.9. The smallest absolute Gasteiger partial charge is 0.213 e. The molecule has 0 saturated carbocycles. The maximum absolute atomic E-state index is 13.5. The second-order valence-electron chi connectivity index (χ2n) is 3.43. The van der Waals surface area contributed by atoms with E-state index in [-0.39, 0.29) is 0 Å². The van der Waals surface area contributed by atoms with Gasteiger partial charge < -0.3 is 0 Å². The lowest BCUT2D eigenvalue weighted by atomic mass is 10.0. The van der Waals surface area contributed by atoms with Crippen LogP contribution in [0.15, 0.2) is 12.3 Å². The molecule has 1 nitrogen and oxygen atoms in total. The van der Waals surface area contributed by atoms with Crippen LogP contribution in [0.1, 0.15) is 0 Å². The SMILES string of the molecule is Fc1cc(-c2c(F)c(F)c(F)c(F)c2F)c(Cl)cn1. The van der Waals surface area contributed by atoms with Crippen LogP contribution in [0, 0.1) is 35.0 Å². The summed E-state index contributed by atoms with van der Waals surface area (Å²) in [5.74, 6) is -11.9. The van der Waals surface area contributed by atoms with Crippen molar-refractivity contribution < 1.29 is 26.3 Å². The lowest BCUT2D eigenvalue weighted by Gasteiger charge is -2.09. The van der Waals surface area contributed by atoms with Gasteiger partial charge in [-0.3, -0.25) is 0 Å². The molecule has 0 saturated heterocycles. The molecular formula is C11H2ClF6N. The Morgan fingerprint density at radius 2 is 1.26 bits per heavy atom. The molecule has 1 aromatic carbocycles. The molecule has 8 heteroatoms. The molecule has 0 N–H and O–H groups in total. The van der Waals surface area contributed by atoms with E-state index in [1.807, 2.05) is 0 Å². The summed E-state index contributed by atoms with van der Waals surface area (Å²) >= 11 is 5.52. The Kier molecular flexibility index (Phi) is 3.40. The summed E-state index contributed by atoms with van der Waals surface area (Å²) in [4.78, 5) is 3.08. The molecule has 0 aliphatic heterocycles. The standard InChI is InChI=1S/C11H2ClF6N/c12-4-2-19-5(13)1-3(4)6-7(14)9(16)11(18)10(17)8(6)15/h1-2H. The van der Waals surface area contributed by atoms with E-state index < -0.39 is 51.2 Å². The number of benzene rings is 1. The maximum atomic E-state index is 13.5. The minimum Gasteiger partial charge on any atom is -0.227 e. The lowest BCUT2D eigenvalue weighted by molar-refractivity contribution is 0.381. The molecule has 0 unspecified atom stereocenters. The summed E-state index contributed by atoms with van der Waals surface area (Å²) in [6.07, 6.45) is 0.699. The van der Waals surface area contributed by atoms with Crippen LogP contribution in [0.25, 0.3) is 11.1 Å². The van der Waals surface area contributed by atoms with E-state index in [0.717, 1.165) is 0 Å². The Balaban J connectivity index is 2.87. The third kappa shape index (κ3) is 2.14. The molecule has 1 heterocycles. The first kappa shape index (κ1) is 13.7. The second kappa shape index (κ2) is 4.73. The van der Waals surface area contributed by atoms with Crippen LogP contribution in [0.2, 0.25) is 5.02 Å². The van der Waals surface area contributed by atoms with Gasteiger partial charge in [-0.05, 0) is 0 Å². The van der Waals surface area contributed by atoms with Gasteiger partial charge in [0.05, 0.1) is 10.6 Å². The number of aromatic nitrogens is 1. The number of rotatable bonds is 1. The van der Waals surface area contributed by atoms with Crippen molar-refractivity contribution in [2.45, 2.75) is 0 Å². The van der Waals surface area contributed by atoms with Crippen molar-refractivity contribution in [3.63, 3.8) is 0 Å². The molecule has 0 radical (unpaired) electrons. The van der Waals surface area contributed by atoms with Crippen LogP contribution >= 0.6 is 11.6 Å². The summed E-state index contributed by atoms with van der Waals surface area (Å²) < 4.78 is 78.7. The van der Waals surface area contributed by atoms with Crippen molar-refractivity contribution in [3.05, 3.63) is 52.3 Å². The van der Waals surface area contributed by atoms with Crippen molar-refractivity contribution >= 4 is 11.6 Å². The molecule has 1 aromatic heterocycles. The fourth-order valence-corrected chi connectivity index (χ4v) is 1.64. The molecule has 0 bridgehead atoms. The zero-order valence-corrected chi connectivity index (χ0v) is 9.50. The van der Waals surface area contributed by atoms with Gasteiger partial charge in [0, 0.05) is 17.8 Å². The van der Waals surface area contributed by atoms with E-state index in [2.05, 4.69) is 4.98 Å². The molecule has 2 rings (SSSR count). The number of hydrogen-bond donors (Lipinski definition) is 0. The van der Waals surface area contributed by atoms with E-state index in [0.29, 0.717) is 12.3 Å². The number of halogens is 7. The number of hydrogen-bond acceptors (Lipinski definition) is 1. The van der Waals surface area contributed by atoms with Crippen molar-refractivity contribution in [3.8, 4) is 11.1 Å². The Bertz CT molecular complexity index is 644. The number of nitrogens with zero attached hydrogens (tertiary/aromatic N) is 1. The van der Waals surface area contributed by atoms with Gasteiger partial charge >= 0.3 is 0 Å². The molecule has 2 aromatic rings. The van der Waals surface area contributed by atoms with Crippen LogP contribution in [0.4, 0.5) is 26.3 Å². The van der Waals surface area contributed by atoms with Crippen molar-refractivity contribution in [1.82, 2.24) is 4.98 Å². The number of pyridine rings is 1. The maximum Gasteiger partial charge on any atom is 0.213 e. The molecule has 0 spiro atoms. The van der Waals surface area contributed by atoms with Crippen LogP contribution in [-0.2, 0) is 0 Å². The summed E-state index contributed by atoms with van der Waals surface area (Å²) in [6.45, 7) is 0. The van der Waals surface area contributed by atoms with E-state index in [1.165, 1.54) is 0 Å². The molecule has 100 valence electrons. The Morgan fingerprint density at radius 3 is 1.79 bits per heavy atom. The molecule has 0 amide bonds. The fourth-order valence-electron chi connectivity index (χ4n) is 1.45. The van der Waals surface area contributed by atoms with Crippen LogP contribution in [0.5, 0.6) is 0 Å². The van der Waals surface area contributed by atoms with E-state index in [1.54, 1.807) is 0 Å². The van der Waals surface area contributed by atoms with Gasteiger partial charge in [-0.15, -0.1) is 0 Å². The van der Waals surface area contributed by atoms with Crippen molar-refractivity contribution in [1.29, 1.82) is 0 Å². The van der Waals surface area contributed by atoms with E-state index >= 15 is 0 Å². The third-order valence-corrected chi connectivity index (χ3v) is 2.60. The minimum absolute atomic E-state index is 0.454. The third-order valence-electron chi connectivity index (χ3n) is 2.30. The monoisotopic (exact) mass is 297 g/mol. The predicted octanol–water partition coefficient (Wildman–Crippen LogP) is 4.24. The molecule has 0 aliphatic rings. The Hall–Kier alpha value is -1.76. The van der Waals surface area contributed by atoms with Crippen LogP contribution in [0.3, 0.4) is 0 Å². The predicted molar refractivity (Wildman–Crippen MR) is 54.4 cm³/mol. The average molecular weight is 298 g/mol. The van der Waals surface area contributed by atoms with E-state index in [4.69, 9.17) is 11.6 Å². The summed E-state index contributed by atoms with van der Waals surface area (Å²) in [5, 5.41) is -0.454. The zero-order valence-electron chi connectivity index (χ0n) is 8.75. The topological polar surface area (TPSA) is 12.9 Å². The molecule has 0 aliphatic carbocycles. The van der Waals surface area contributed by atoms with Crippen LogP contribution in [-0.4, -0.2) is 4.98 Å². The second-order valence-corrected chi connectivity index (χ2v) is 3.84. The van der Waals surface area contributed by atoms with Gasteiger partial charge in [-0.25, -0.2) is 26.9 Å². The van der Waals surface area contributed by atoms with Gasteiger partial charge in [-0.1, -0.05) is 11.6 Å². The van der Waals surface area contributed by atoms with E-state index in [9.17, 15) is 26.3 Å². The summed E-state index contributed by atoms with van der Waals surface area (Å²) in [6, 6.07) is 0.473. The van der Waals surface area contributed by atoms with Gasteiger partial charge in [-0.2, -0.15) is 4.39 Å². The largest absolute Gasteiger partial charge is 0.227 e. The first-order chi connectivity index (χ1) is 8.84. The molecule has 0 atom stereocenters. The highest BCUT2D eigenvalue weighted by molar-refractivity contribution is 6.33.